The molecule has 112 valence electrons. The van der Waals surface area contributed by atoms with Crippen LogP contribution < -0.4 is 5.32 Å². The lowest BCUT2D eigenvalue weighted by Crippen LogP contribution is -2.30. The molecular weight excluding hydrogens is 270 g/mol. The molecule has 1 N–H and O–H groups in total. The zero-order valence-electron chi connectivity index (χ0n) is 12.8. The summed E-state index contributed by atoms with van der Waals surface area (Å²) >= 11 is 0. The number of rotatable bonds is 4. The molecule has 20 heavy (non-hydrogen) atoms. The first-order chi connectivity index (χ1) is 9.17. The van der Waals surface area contributed by atoms with Crippen LogP contribution in [0.5, 0.6) is 0 Å². The maximum absolute atomic E-state index is 11.4. The zero-order valence-corrected chi connectivity index (χ0v) is 13.6. The molecule has 4 heteroatoms. The Kier molecular flexibility index (Phi) is 4.26. The van der Waals surface area contributed by atoms with E-state index in [1.165, 1.54) is 25.5 Å². The standard InChI is InChI=1S/C16H25NO2S/c1-12(17-14-9-10-16(2,3)11-14)13-5-7-15(8-6-13)20(4,18)19/h5-8,12,14,17H,9-11H2,1-4H3. The van der Waals surface area contributed by atoms with Gasteiger partial charge < -0.3 is 5.32 Å². The van der Waals surface area contributed by atoms with Crippen LogP contribution in [0.15, 0.2) is 29.2 Å². The van der Waals surface area contributed by atoms with E-state index in [1.54, 1.807) is 12.1 Å². The first-order valence-electron chi connectivity index (χ1n) is 7.23. The van der Waals surface area contributed by atoms with E-state index in [4.69, 9.17) is 0 Å². The lowest BCUT2D eigenvalue weighted by Gasteiger charge is -2.22. The van der Waals surface area contributed by atoms with E-state index in [0.29, 0.717) is 16.4 Å². The van der Waals surface area contributed by atoms with Crippen molar-refractivity contribution in [3.63, 3.8) is 0 Å². The largest absolute Gasteiger partial charge is 0.307 e. The smallest absolute Gasteiger partial charge is 0.175 e. The molecule has 0 aliphatic heterocycles. The topological polar surface area (TPSA) is 46.2 Å². The highest BCUT2D eigenvalue weighted by molar-refractivity contribution is 7.90. The van der Waals surface area contributed by atoms with Crippen LogP contribution in [0.25, 0.3) is 0 Å². The van der Waals surface area contributed by atoms with Gasteiger partial charge in [-0.1, -0.05) is 26.0 Å². The second kappa shape index (κ2) is 5.49. The van der Waals surface area contributed by atoms with Gasteiger partial charge in [-0.2, -0.15) is 0 Å². The van der Waals surface area contributed by atoms with Gasteiger partial charge in [-0.25, -0.2) is 8.42 Å². The third-order valence-electron chi connectivity index (χ3n) is 4.26. The SMILES string of the molecule is CC(NC1CCC(C)(C)C1)c1ccc(S(C)(=O)=O)cc1. The minimum atomic E-state index is -3.10. The molecule has 0 radical (unpaired) electrons. The molecule has 1 aliphatic carbocycles. The van der Waals surface area contributed by atoms with E-state index < -0.39 is 9.84 Å². The summed E-state index contributed by atoms with van der Waals surface area (Å²) in [5, 5.41) is 3.66. The van der Waals surface area contributed by atoms with Crippen LogP contribution in [-0.4, -0.2) is 20.7 Å². The van der Waals surface area contributed by atoms with Crippen molar-refractivity contribution >= 4 is 9.84 Å². The van der Waals surface area contributed by atoms with E-state index in [-0.39, 0.29) is 6.04 Å². The third-order valence-corrected chi connectivity index (χ3v) is 5.39. The fourth-order valence-corrected chi connectivity index (χ4v) is 3.66. The fourth-order valence-electron chi connectivity index (χ4n) is 3.03. The summed E-state index contributed by atoms with van der Waals surface area (Å²) in [4.78, 5) is 0.385. The van der Waals surface area contributed by atoms with Crippen LogP contribution >= 0.6 is 0 Å². The molecule has 0 amide bonds. The molecule has 1 aromatic carbocycles. The fraction of sp³-hybridized carbons (Fsp3) is 0.625. The summed E-state index contributed by atoms with van der Waals surface area (Å²) in [6.45, 7) is 6.78. The Morgan fingerprint density at radius 1 is 1.25 bits per heavy atom. The van der Waals surface area contributed by atoms with E-state index in [1.807, 2.05) is 12.1 Å². The van der Waals surface area contributed by atoms with Gasteiger partial charge in [0.15, 0.2) is 9.84 Å². The molecule has 1 aromatic rings. The van der Waals surface area contributed by atoms with Crippen molar-refractivity contribution < 1.29 is 8.42 Å². The summed E-state index contributed by atoms with van der Waals surface area (Å²) in [7, 11) is -3.10. The molecule has 2 unspecified atom stereocenters. The highest BCUT2D eigenvalue weighted by atomic mass is 32.2. The Morgan fingerprint density at radius 2 is 1.85 bits per heavy atom. The average Bonchev–Trinajstić information content (AvgIpc) is 2.67. The van der Waals surface area contributed by atoms with Gasteiger partial charge in [0.2, 0.25) is 0 Å². The second-order valence-corrected chi connectivity index (χ2v) is 8.85. The van der Waals surface area contributed by atoms with Crippen LogP contribution in [-0.2, 0) is 9.84 Å². The molecular formula is C16H25NO2S. The second-order valence-electron chi connectivity index (χ2n) is 6.83. The van der Waals surface area contributed by atoms with Crippen molar-refractivity contribution in [3.8, 4) is 0 Å². The zero-order chi connectivity index (χ0) is 15.0. The molecule has 2 rings (SSSR count). The predicted octanol–water partition coefficient (Wildman–Crippen LogP) is 3.32. The molecule has 1 fully saturated rings. The molecule has 3 nitrogen and oxygen atoms in total. The normalized spacial score (nSPS) is 23.7. The third kappa shape index (κ3) is 3.83. The van der Waals surface area contributed by atoms with Crippen LogP contribution in [0, 0.1) is 5.41 Å². The first-order valence-corrected chi connectivity index (χ1v) is 9.13. The molecule has 1 saturated carbocycles. The Morgan fingerprint density at radius 3 is 2.30 bits per heavy atom. The van der Waals surface area contributed by atoms with Crippen LogP contribution in [0.1, 0.15) is 51.6 Å². The van der Waals surface area contributed by atoms with Gasteiger partial charge in [-0.05, 0) is 49.3 Å². The maximum atomic E-state index is 11.4. The minimum absolute atomic E-state index is 0.252. The monoisotopic (exact) mass is 295 g/mol. The van der Waals surface area contributed by atoms with Gasteiger partial charge in [-0.15, -0.1) is 0 Å². The van der Waals surface area contributed by atoms with Crippen molar-refractivity contribution in [2.45, 2.75) is 57.0 Å². The number of benzene rings is 1. The maximum Gasteiger partial charge on any atom is 0.175 e. The van der Waals surface area contributed by atoms with Crippen molar-refractivity contribution in [2.24, 2.45) is 5.41 Å². The van der Waals surface area contributed by atoms with Crippen molar-refractivity contribution in [3.05, 3.63) is 29.8 Å². The van der Waals surface area contributed by atoms with Gasteiger partial charge in [-0.3, -0.25) is 0 Å². The summed E-state index contributed by atoms with van der Waals surface area (Å²) in [5.74, 6) is 0. The highest BCUT2D eigenvalue weighted by Gasteiger charge is 2.31. The quantitative estimate of drug-likeness (QED) is 0.927. The summed E-state index contributed by atoms with van der Waals surface area (Å²) in [5.41, 5.74) is 1.58. The van der Waals surface area contributed by atoms with Gasteiger partial charge in [0.25, 0.3) is 0 Å². The molecule has 0 heterocycles. The molecule has 2 atom stereocenters. The number of hydrogen-bond acceptors (Lipinski definition) is 3. The highest BCUT2D eigenvalue weighted by Crippen LogP contribution is 2.37. The Balaban J connectivity index is 2.01. The molecule has 0 bridgehead atoms. The van der Waals surface area contributed by atoms with Gasteiger partial charge in [0, 0.05) is 18.3 Å². The van der Waals surface area contributed by atoms with Gasteiger partial charge in [0.05, 0.1) is 4.90 Å². The first kappa shape index (κ1) is 15.5. The van der Waals surface area contributed by atoms with Crippen LogP contribution in [0.4, 0.5) is 0 Å². The van der Waals surface area contributed by atoms with E-state index in [0.717, 1.165) is 5.56 Å². The number of hydrogen-bond donors (Lipinski definition) is 1. The number of nitrogens with one attached hydrogen (secondary N) is 1. The van der Waals surface area contributed by atoms with Crippen molar-refractivity contribution in [1.29, 1.82) is 0 Å². The van der Waals surface area contributed by atoms with Gasteiger partial charge >= 0.3 is 0 Å². The van der Waals surface area contributed by atoms with Crippen LogP contribution in [0.3, 0.4) is 0 Å². The Hall–Kier alpha value is -0.870. The average molecular weight is 295 g/mol. The Bertz CT molecular complexity index is 561. The molecule has 0 saturated heterocycles. The minimum Gasteiger partial charge on any atom is -0.307 e. The summed E-state index contributed by atoms with van der Waals surface area (Å²) in [6, 6.07) is 8.03. The lowest BCUT2D eigenvalue weighted by molar-refractivity contribution is 0.356. The summed E-state index contributed by atoms with van der Waals surface area (Å²) in [6.07, 6.45) is 4.94. The molecule has 0 spiro atoms. The van der Waals surface area contributed by atoms with Crippen molar-refractivity contribution in [2.75, 3.05) is 6.26 Å². The van der Waals surface area contributed by atoms with E-state index in [2.05, 4.69) is 26.1 Å². The lowest BCUT2D eigenvalue weighted by atomic mass is 9.91. The van der Waals surface area contributed by atoms with Gasteiger partial charge in [0.1, 0.15) is 0 Å². The van der Waals surface area contributed by atoms with E-state index >= 15 is 0 Å². The molecule has 0 aromatic heterocycles. The predicted molar refractivity (Wildman–Crippen MR) is 82.5 cm³/mol. The Labute approximate surface area is 122 Å². The number of sulfone groups is 1. The van der Waals surface area contributed by atoms with Crippen molar-refractivity contribution in [1.82, 2.24) is 5.32 Å². The van der Waals surface area contributed by atoms with E-state index in [9.17, 15) is 8.42 Å². The van der Waals surface area contributed by atoms with Crippen LogP contribution in [0.2, 0.25) is 0 Å². The molecule has 1 aliphatic rings. The summed E-state index contributed by atoms with van der Waals surface area (Å²) < 4.78 is 22.9.